The fourth-order valence-electron chi connectivity index (χ4n) is 3.96. The van der Waals surface area contributed by atoms with Gasteiger partial charge < -0.3 is 9.47 Å². The van der Waals surface area contributed by atoms with Gasteiger partial charge in [-0.2, -0.15) is 0 Å². The second-order valence-corrected chi connectivity index (χ2v) is 7.54. The van der Waals surface area contributed by atoms with Gasteiger partial charge in [0.15, 0.2) is 0 Å². The molecule has 0 aliphatic carbocycles. The first kappa shape index (κ1) is 18.4. The monoisotopic (exact) mass is 374 g/mol. The van der Waals surface area contributed by atoms with Crippen LogP contribution in [0.25, 0.3) is 11.3 Å². The van der Waals surface area contributed by atoms with E-state index in [0.717, 1.165) is 54.7 Å². The molecule has 1 aliphatic rings. The number of aryl methyl sites for hydroxylation is 2. The molecule has 5 nitrogen and oxygen atoms in total. The Bertz CT molecular complexity index is 935. The minimum absolute atomic E-state index is 0.129. The van der Waals surface area contributed by atoms with E-state index in [4.69, 9.17) is 0 Å². The molecule has 1 fully saturated rings. The highest BCUT2D eigenvalue weighted by Gasteiger charge is 2.27. The maximum Gasteiger partial charge on any atom is 0.254 e. The topological polar surface area (TPSA) is 51.0 Å². The zero-order chi connectivity index (χ0) is 19.3. The summed E-state index contributed by atoms with van der Waals surface area (Å²) in [7, 11) is 0. The maximum atomic E-state index is 13.3. The normalized spacial score (nSPS) is 16.9. The molecule has 1 aliphatic heterocycles. The molecule has 5 heteroatoms. The van der Waals surface area contributed by atoms with E-state index in [-0.39, 0.29) is 11.9 Å². The van der Waals surface area contributed by atoms with Crippen molar-refractivity contribution >= 4 is 5.91 Å². The van der Waals surface area contributed by atoms with Crippen LogP contribution in [-0.4, -0.2) is 37.9 Å². The third-order valence-corrected chi connectivity index (χ3v) is 5.49. The third kappa shape index (κ3) is 4.14. The predicted molar refractivity (Wildman–Crippen MR) is 110 cm³/mol. The summed E-state index contributed by atoms with van der Waals surface area (Å²) in [4.78, 5) is 24.0. The minimum Gasteiger partial charge on any atom is -0.337 e. The highest BCUT2D eigenvalue weighted by atomic mass is 16.2. The van der Waals surface area contributed by atoms with Gasteiger partial charge in [0, 0.05) is 48.8 Å². The number of nitrogens with zero attached hydrogens (tertiary/aromatic N) is 4. The van der Waals surface area contributed by atoms with Gasteiger partial charge in [-0.3, -0.25) is 9.78 Å². The quantitative estimate of drug-likeness (QED) is 0.668. The Kier molecular flexibility index (Phi) is 5.51. The zero-order valence-corrected chi connectivity index (χ0v) is 16.3. The number of hydrogen-bond donors (Lipinski definition) is 0. The summed E-state index contributed by atoms with van der Waals surface area (Å²) in [5.41, 5.74) is 3.80. The molecule has 4 rings (SSSR count). The second-order valence-electron chi connectivity index (χ2n) is 7.54. The van der Waals surface area contributed by atoms with Crippen molar-refractivity contribution < 1.29 is 4.79 Å². The summed E-state index contributed by atoms with van der Waals surface area (Å²) < 4.78 is 2.08. The van der Waals surface area contributed by atoms with Crippen molar-refractivity contribution in [1.82, 2.24) is 19.4 Å². The number of amides is 1. The van der Waals surface area contributed by atoms with Gasteiger partial charge in [0.25, 0.3) is 5.91 Å². The fourth-order valence-corrected chi connectivity index (χ4v) is 3.96. The molecule has 1 amide bonds. The standard InChI is InChI=1S/C23H26N4O/c1-18-8-10-25-22(15-18)19-5-4-6-20(16-19)23(28)27-12-3-2-7-21(27)9-13-26-14-11-24-17-26/h4-6,8,10-11,14-17,21H,2-3,7,9,12-13H2,1H3. The third-order valence-electron chi connectivity index (χ3n) is 5.49. The average molecular weight is 374 g/mol. The largest absolute Gasteiger partial charge is 0.337 e. The molecule has 0 bridgehead atoms. The number of pyridine rings is 1. The number of hydrogen-bond acceptors (Lipinski definition) is 3. The number of imidazole rings is 1. The molecule has 144 valence electrons. The first-order chi connectivity index (χ1) is 13.7. The Hall–Kier alpha value is -2.95. The van der Waals surface area contributed by atoms with Crippen molar-refractivity contribution in [3.8, 4) is 11.3 Å². The summed E-state index contributed by atoms with van der Waals surface area (Å²) in [6.07, 6.45) is 11.7. The maximum absolute atomic E-state index is 13.3. The van der Waals surface area contributed by atoms with Gasteiger partial charge in [-0.15, -0.1) is 0 Å². The van der Waals surface area contributed by atoms with Crippen molar-refractivity contribution in [3.05, 3.63) is 72.4 Å². The Morgan fingerprint density at radius 3 is 2.93 bits per heavy atom. The van der Waals surface area contributed by atoms with Crippen LogP contribution in [0.15, 0.2) is 61.3 Å². The molecule has 3 heterocycles. The molecule has 28 heavy (non-hydrogen) atoms. The van der Waals surface area contributed by atoms with Gasteiger partial charge in [-0.25, -0.2) is 4.98 Å². The van der Waals surface area contributed by atoms with Crippen LogP contribution in [0.2, 0.25) is 0 Å². The van der Waals surface area contributed by atoms with Crippen LogP contribution >= 0.6 is 0 Å². The smallest absolute Gasteiger partial charge is 0.254 e. The first-order valence-corrected chi connectivity index (χ1v) is 10.0. The van der Waals surface area contributed by atoms with Crippen LogP contribution in [0.1, 0.15) is 41.6 Å². The molecule has 0 radical (unpaired) electrons. The van der Waals surface area contributed by atoms with E-state index < -0.39 is 0 Å². The summed E-state index contributed by atoms with van der Waals surface area (Å²) in [6, 6.07) is 12.2. The SMILES string of the molecule is Cc1ccnc(-c2cccc(C(=O)N3CCCCC3CCn3ccnc3)c2)c1. The summed E-state index contributed by atoms with van der Waals surface area (Å²) in [5, 5.41) is 0. The number of carbonyl (C=O) groups is 1. The Morgan fingerprint density at radius 2 is 2.11 bits per heavy atom. The molecule has 2 aromatic heterocycles. The van der Waals surface area contributed by atoms with E-state index >= 15 is 0 Å². The second kappa shape index (κ2) is 8.38. The molecular weight excluding hydrogens is 348 g/mol. The summed E-state index contributed by atoms with van der Waals surface area (Å²) >= 11 is 0. The Morgan fingerprint density at radius 1 is 1.18 bits per heavy atom. The lowest BCUT2D eigenvalue weighted by Crippen LogP contribution is -2.44. The van der Waals surface area contributed by atoms with Gasteiger partial charge in [-0.1, -0.05) is 12.1 Å². The average Bonchev–Trinajstić information content (AvgIpc) is 3.26. The first-order valence-electron chi connectivity index (χ1n) is 10.0. The van der Waals surface area contributed by atoms with E-state index in [0.29, 0.717) is 0 Å². The molecule has 3 aromatic rings. The lowest BCUT2D eigenvalue weighted by Gasteiger charge is -2.36. The van der Waals surface area contributed by atoms with E-state index in [1.165, 1.54) is 6.42 Å². The van der Waals surface area contributed by atoms with Gasteiger partial charge in [0.2, 0.25) is 0 Å². The highest BCUT2D eigenvalue weighted by Crippen LogP contribution is 2.25. The molecule has 1 unspecified atom stereocenters. The molecule has 0 saturated carbocycles. The number of rotatable bonds is 5. The van der Waals surface area contributed by atoms with Crippen LogP contribution in [-0.2, 0) is 6.54 Å². The predicted octanol–water partition coefficient (Wildman–Crippen LogP) is 4.34. The lowest BCUT2D eigenvalue weighted by molar-refractivity contribution is 0.0595. The fraction of sp³-hybridized carbons (Fsp3) is 0.348. The van der Waals surface area contributed by atoms with Gasteiger partial charge >= 0.3 is 0 Å². The number of piperidine rings is 1. The van der Waals surface area contributed by atoms with E-state index in [1.54, 1.807) is 6.20 Å². The summed E-state index contributed by atoms with van der Waals surface area (Å²) in [5.74, 6) is 0.129. The van der Waals surface area contributed by atoms with E-state index in [1.807, 2.05) is 49.1 Å². The molecule has 1 atom stereocenters. The minimum atomic E-state index is 0.129. The Balaban J connectivity index is 1.52. The van der Waals surface area contributed by atoms with Crippen molar-refractivity contribution in [2.75, 3.05) is 6.54 Å². The van der Waals surface area contributed by atoms with Gasteiger partial charge in [0.1, 0.15) is 0 Å². The molecule has 1 aromatic carbocycles. The van der Waals surface area contributed by atoms with Crippen LogP contribution in [0, 0.1) is 6.92 Å². The number of likely N-dealkylation sites (tertiary alicyclic amines) is 1. The number of benzene rings is 1. The highest BCUT2D eigenvalue weighted by molar-refractivity contribution is 5.95. The van der Waals surface area contributed by atoms with Crippen LogP contribution < -0.4 is 0 Å². The lowest BCUT2D eigenvalue weighted by atomic mass is 9.97. The van der Waals surface area contributed by atoms with Crippen molar-refractivity contribution in [1.29, 1.82) is 0 Å². The van der Waals surface area contributed by atoms with Crippen LogP contribution in [0.5, 0.6) is 0 Å². The van der Waals surface area contributed by atoms with Crippen LogP contribution in [0.4, 0.5) is 0 Å². The Labute approximate surface area is 166 Å². The zero-order valence-electron chi connectivity index (χ0n) is 16.3. The molecule has 0 spiro atoms. The summed E-state index contributed by atoms with van der Waals surface area (Å²) in [6.45, 7) is 3.78. The van der Waals surface area contributed by atoms with E-state index in [9.17, 15) is 4.79 Å². The van der Waals surface area contributed by atoms with Gasteiger partial charge in [0.05, 0.1) is 12.0 Å². The molecular formula is C23H26N4O. The number of carbonyl (C=O) groups excluding carboxylic acids is 1. The van der Waals surface area contributed by atoms with Crippen molar-refractivity contribution in [2.24, 2.45) is 0 Å². The number of aromatic nitrogens is 3. The molecule has 1 saturated heterocycles. The van der Waals surface area contributed by atoms with Gasteiger partial charge in [-0.05, 0) is 62.4 Å². The van der Waals surface area contributed by atoms with Crippen LogP contribution in [0.3, 0.4) is 0 Å². The van der Waals surface area contributed by atoms with Crippen molar-refractivity contribution in [2.45, 2.75) is 45.2 Å². The van der Waals surface area contributed by atoms with Crippen molar-refractivity contribution in [3.63, 3.8) is 0 Å². The van der Waals surface area contributed by atoms with E-state index in [2.05, 4.69) is 32.4 Å². The molecule has 0 N–H and O–H groups in total.